The lowest BCUT2D eigenvalue weighted by molar-refractivity contribution is 0.470. The molecule has 3 aromatic carbocycles. The van der Waals surface area contributed by atoms with E-state index in [9.17, 15) is 13.5 Å². The van der Waals surface area contributed by atoms with Crippen LogP contribution in [-0.2, 0) is 10.0 Å². The van der Waals surface area contributed by atoms with Crippen LogP contribution in [0.2, 0.25) is 0 Å². The molecule has 4 nitrogen and oxygen atoms in total. The van der Waals surface area contributed by atoms with Gasteiger partial charge in [0, 0.05) is 5.56 Å². The maximum Gasteiger partial charge on any atom is 0.264 e. The molecule has 32 heavy (non-hydrogen) atoms. The fourth-order valence-electron chi connectivity index (χ4n) is 4.46. The van der Waals surface area contributed by atoms with Gasteiger partial charge < -0.3 is 5.11 Å². The quantitative estimate of drug-likeness (QED) is 0.365. The third kappa shape index (κ3) is 3.22. The Balaban J connectivity index is 1.76. The van der Waals surface area contributed by atoms with E-state index in [2.05, 4.69) is 23.6 Å². The summed E-state index contributed by atoms with van der Waals surface area (Å²) in [5.41, 5.74) is 6.38. The summed E-state index contributed by atoms with van der Waals surface area (Å²) in [4.78, 5) is 0.179. The average Bonchev–Trinajstić information content (AvgIpc) is 3.34. The molecule has 0 amide bonds. The van der Waals surface area contributed by atoms with E-state index in [4.69, 9.17) is 0 Å². The first kappa shape index (κ1) is 20.8. The molecule has 0 saturated heterocycles. The van der Waals surface area contributed by atoms with Gasteiger partial charge in [0.1, 0.15) is 5.75 Å². The molecule has 0 spiro atoms. The SMILES string of the molecule is CCC1c2ccccc2-c2cc(-c3ccsc3)ccc2N1S(=O)(=O)c1ccc(O)c(C)c1. The number of fused-ring (bicyclic) bond motifs is 3. The van der Waals surface area contributed by atoms with Crippen LogP contribution in [0.5, 0.6) is 5.75 Å². The number of phenols is 1. The van der Waals surface area contributed by atoms with Crippen molar-refractivity contribution >= 4 is 27.0 Å². The van der Waals surface area contributed by atoms with Gasteiger partial charge in [-0.25, -0.2) is 8.42 Å². The van der Waals surface area contributed by atoms with Gasteiger partial charge in [-0.05, 0) is 88.3 Å². The third-order valence-corrected chi connectivity index (χ3v) is 8.60. The van der Waals surface area contributed by atoms with Crippen LogP contribution in [0.4, 0.5) is 5.69 Å². The first-order chi connectivity index (χ1) is 15.4. The maximum atomic E-state index is 14.0. The molecule has 1 aromatic heterocycles. The summed E-state index contributed by atoms with van der Waals surface area (Å²) in [7, 11) is -3.86. The Morgan fingerprint density at radius 1 is 0.969 bits per heavy atom. The Morgan fingerprint density at radius 3 is 2.50 bits per heavy atom. The van der Waals surface area contributed by atoms with Crippen molar-refractivity contribution in [3.05, 3.63) is 88.6 Å². The number of nitrogens with zero attached hydrogens (tertiary/aromatic N) is 1. The number of thiophene rings is 1. The standard InChI is InChI=1S/C26H23NO3S2/c1-3-24-22-7-5-4-6-21(22)23-15-18(19-12-13-31-16-19)8-10-25(23)27(24)32(29,30)20-9-11-26(28)17(2)14-20/h4-16,24,28H,3H2,1-2H3. The summed E-state index contributed by atoms with van der Waals surface area (Å²) in [6.45, 7) is 3.72. The lowest BCUT2D eigenvalue weighted by Crippen LogP contribution is -2.37. The first-order valence-corrected chi connectivity index (χ1v) is 12.9. The summed E-state index contributed by atoms with van der Waals surface area (Å²) >= 11 is 1.64. The molecule has 0 aliphatic carbocycles. The minimum Gasteiger partial charge on any atom is -0.508 e. The summed E-state index contributed by atoms with van der Waals surface area (Å²) in [5.74, 6) is 0.0841. The van der Waals surface area contributed by atoms with Gasteiger partial charge in [-0.2, -0.15) is 11.3 Å². The highest BCUT2D eigenvalue weighted by molar-refractivity contribution is 7.92. The van der Waals surface area contributed by atoms with E-state index in [1.807, 2.05) is 42.6 Å². The second-order valence-electron chi connectivity index (χ2n) is 8.00. The van der Waals surface area contributed by atoms with Crippen molar-refractivity contribution in [2.24, 2.45) is 0 Å². The Kier molecular flexibility index (Phi) is 5.07. The molecule has 1 unspecified atom stereocenters. The molecule has 2 heterocycles. The van der Waals surface area contributed by atoms with Gasteiger partial charge in [-0.15, -0.1) is 0 Å². The fraction of sp³-hybridized carbons (Fsp3) is 0.154. The molecule has 5 rings (SSSR count). The fourth-order valence-corrected chi connectivity index (χ4v) is 6.94. The number of sulfonamides is 1. The number of aromatic hydroxyl groups is 1. The Morgan fingerprint density at radius 2 is 1.78 bits per heavy atom. The zero-order valence-electron chi connectivity index (χ0n) is 17.8. The summed E-state index contributed by atoms with van der Waals surface area (Å²) in [6, 6.07) is 20.3. The minimum atomic E-state index is -3.86. The van der Waals surface area contributed by atoms with Crippen LogP contribution in [0.15, 0.2) is 82.4 Å². The van der Waals surface area contributed by atoms with Crippen LogP contribution in [0, 0.1) is 6.92 Å². The average molecular weight is 462 g/mol. The lowest BCUT2D eigenvalue weighted by Gasteiger charge is -2.39. The Hall–Kier alpha value is -3.09. The minimum absolute atomic E-state index is 0.0841. The first-order valence-electron chi connectivity index (χ1n) is 10.5. The van der Waals surface area contributed by atoms with Gasteiger partial charge in [0.25, 0.3) is 10.0 Å². The van der Waals surface area contributed by atoms with Gasteiger partial charge in [-0.1, -0.05) is 37.3 Å². The molecule has 6 heteroatoms. The number of aryl methyl sites for hydroxylation is 1. The summed E-state index contributed by atoms with van der Waals surface area (Å²) in [6.07, 6.45) is 0.638. The molecule has 1 N–H and O–H groups in total. The maximum absolute atomic E-state index is 14.0. The van der Waals surface area contributed by atoms with Crippen molar-refractivity contribution in [1.82, 2.24) is 0 Å². The van der Waals surface area contributed by atoms with Crippen LogP contribution >= 0.6 is 11.3 Å². The van der Waals surface area contributed by atoms with E-state index in [0.717, 1.165) is 27.8 Å². The van der Waals surface area contributed by atoms with Crippen LogP contribution in [0.25, 0.3) is 22.3 Å². The molecule has 1 aliphatic heterocycles. The van der Waals surface area contributed by atoms with Crippen molar-refractivity contribution < 1.29 is 13.5 Å². The van der Waals surface area contributed by atoms with Crippen molar-refractivity contribution in [3.8, 4) is 28.0 Å². The smallest absolute Gasteiger partial charge is 0.264 e. The summed E-state index contributed by atoms with van der Waals surface area (Å²) < 4.78 is 29.5. The van der Waals surface area contributed by atoms with Crippen molar-refractivity contribution in [3.63, 3.8) is 0 Å². The van der Waals surface area contributed by atoms with Gasteiger partial charge in [-0.3, -0.25) is 4.31 Å². The van der Waals surface area contributed by atoms with E-state index >= 15 is 0 Å². The number of phenolic OH excluding ortho intramolecular Hbond substituents is 1. The third-order valence-electron chi connectivity index (χ3n) is 6.09. The number of rotatable bonds is 4. The van der Waals surface area contributed by atoms with Crippen LogP contribution in [0.3, 0.4) is 0 Å². The Labute approximate surface area is 192 Å². The molecule has 162 valence electrons. The van der Waals surface area contributed by atoms with E-state index in [0.29, 0.717) is 17.7 Å². The van der Waals surface area contributed by atoms with Crippen molar-refractivity contribution in [2.45, 2.75) is 31.2 Å². The topological polar surface area (TPSA) is 57.6 Å². The predicted octanol–water partition coefficient (Wildman–Crippen LogP) is 6.76. The molecular formula is C26H23NO3S2. The zero-order valence-corrected chi connectivity index (χ0v) is 19.5. The molecule has 0 saturated carbocycles. The predicted molar refractivity (Wildman–Crippen MR) is 131 cm³/mol. The molecule has 0 radical (unpaired) electrons. The zero-order chi connectivity index (χ0) is 22.5. The van der Waals surface area contributed by atoms with Crippen LogP contribution in [-0.4, -0.2) is 13.5 Å². The second kappa shape index (κ2) is 7.80. The van der Waals surface area contributed by atoms with Gasteiger partial charge in [0.05, 0.1) is 16.6 Å². The molecule has 1 atom stereocenters. The molecule has 1 aliphatic rings. The van der Waals surface area contributed by atoms with Crippen molar-refractivity contribution in [1.29, 1.82) is 0 Å². The van der Waals surface area contributed by atoms with Crippen LogP contribution in [0.1, 0.15) is 30.5 Å². The van der Waals surface area contributed by atoms with Crippen LogP contribution < -0.4 is 4.31 Å². The highest BCUT2D eigenvalue weighted by Crippen LogP contribution is 2.49. The molecule has 4 aromatic rings. The number of hydrogen-bond donors (Lipinski definition) is 1. The van der Waals surface area contributed by atoms with E-state index in [-0.39, 0.29) is 16.7 Å². The summed E-state index contributed by atoms with van der Waals surface area (Å²) in [5, 5.41) is 14.1. The highest BCUT2D eigenvalue weighted by atomic mass is 32.2. The largest absolute Gasteiger partial charge is 0.508 e. The number of benzene rings is 3. The highest BCUT2D eigenvalue weighted by Gasteiger charge is 2.38. The van der Waals surface area contributed by atoms with Gasteiger partial charge in [0.2, 0.25) is 0 Å². The Bertz CT molecular complexity index is 1410. The van der Waals surface area contributed by atoms with E-state index in [1.54, 1.807) is 22.6 Å². The van der Waals surface area contributed by atoms with E-state index in [1.165, 1.54) is 18.2 Å². The van der Waals surface area contributed by atoms with Crippen molar-refractivity contribution in [2.75, 3.05) is 4.31 Å². The second-order valence-corrected chi connectivity index (χ2v) is 10.6. The van der Waals surface area contributed by atoms with E-state index < -0.39 is 10.0 Å². The molecule has 0 fully saturated rings. The monoisotopic (exact) mass is 461 g/mol. The molecule has 0 bridgehead atoms. The lowest BCUT2D eigenvalue weighted by atomic mass is 9.87. The number of anilines is 1. The van der Waals surface area contributed by atoms with Gasteiger partial charge >= 0.3 is 0 Å². The molecular weight excluding hydrogens is 438 g/mol. The van der Waals surface area contributed by atoms with Gasteiger partial charge in [0.15, 0.2) is 0 Å². The normalized spacial score (nSPS) is 15.3. The number of hydrogen-bond acceptors (Lipinski definition) is 4.